The summed E-state index contributed by atoms with van der Waals surface area (Å²) in [4.78, 5) is 0. The van der Waals surface area contributed by atoms with Crippen LogP contribution in [-0.4, -0.2) is 32.2 Å². The Morgan fingerprint density at radius 2 is 1.75 bits per heavy atom. The number of piperidine rings is 1. The molecular formula is C17H37N3. The van der Waals surface area contributed by atoms with Crippen LogP contribution in [0.5, 0.6) is 0 Å². The van der Waals surface area contributed by atoms with Crippen molar-refractivity contribution < 1.29 is 0 Å². The molecule has 3 nitrogen and oxygen atoms in total. The monoisotopic (exact) mass is 283 g/mol. The summed E-state index contributed by atoms with van der Waals surface area (Å²) in [7, 11) is 2.12. The minimum atomic E-state index is 0.203. The number of nitrogens with two attached hydrogens (primary N) is 1. The number of nitrogens with one attached hydrogen (secondary N) is 2. The first-order valence-electron chi connectivity index (χ1n) is 8.44. The van der Waals surface area contributed by atoms with Crippen molar-refractivity contribution in [3.8, 4) is 0 Å². The van der Waals surface area contributed by atoms with Crippen molar-refractivity contribution in [3.63, 3.8) is 0 Å². The van der Waals surface area contributed by atoms with E-state index in [1.54, 1.807) is 0 Å². The highest BCUT2D eigenvalue weighted by Crippen LogP contribution is 2.43. The molecule has 1 saturated heterocycles. The standard InChI is InChI=1S/C17H37N3/c1-6-15(2,3)16(4,19-5)7-8-17(9-12-18)10-13-20-14-11-17/h19-20H,6-14,18H2,1-5H3. The Morgan fingerprint density at radius 3 is 2.20 bits per heavy atom. The summed E-state index contributed by atoms with van der Waals surface area (Å²) in [5, 5.41) is 7.12. The number of hydrogen-bond donors (Lipinski definition) is 3. The van der Waals surface area contributed by atoms with Crippen LogP contribution in [0.1, 0.15) is 66.2 Å². The van der Waals surface area contributed by atoms with E-state index in [1.807, 2.05) is 0 Å². The second-order valence-corrected chi connectivity index (χ2v) is 7.61. The van der Waals surface area contributed by atoms with Gasteiger partial charge in [-0.15, -0.1) is 0 Å². The summed E-state index contributed by atoms with van der Waals surface area (Å²) >= 11 is 0. The van der Waals surface area contributed by atoms with Gasteiger partial charge in [0.15, 0.2) is 0 Å². The Kier molecular flexibility index (Phi) is 6.49. The van der Waals surface area contributed by atoms with Crippen LogP contribution >= 0.6 is 0 Å². The largest absolute Gasteiger partial charge is 0.330 e. The van der Waals surface area contributed by atoms with Gasteiger partial charge in [0.05, 0.1) is 0 Å². The molecule has 1 aliphatic heterocycles. The first-order valence-corrected chi connectivity index (χ1v) is 8.44. The maximum absolute atomic E-state index is 5.89. The summed E-state index contributed by atoms with van der Waals surface area (Å²) in [6.07, 6.45) is 7.50. The van der Waals surface area contributed by atoms with Crippen LogP contribution in [0.3, 0.4) is 0 Å². The summed E-state index contributed by atoms with van der Waals surface area (Å²) < 4.78 is 0. The van der Waals surface area contributed by atoms with Crippen molar-refractivity contribution in [2.45, 2.75) is 71.8 Å². The first kappa shape index (κ1) is 17.9. The molecular weight excluding hydrogens is 246 g/mol. The molecule has 1 unspecified atom stereocenters. The molecule has 3 heteroatoms. The zero-order valence-corrected chi connectivity index (χ0v) is 14.4. The third kappa shape index (κ3) is 3.96. The van der Waals surface area contributed by atoms with Gasteiger partial charge in [0.1, 0.15) is 0 Å². The number of rotatable bonds is 8. The molecule has 1 atom stereocenters. The van der Waals surface area contributed by atoms with Gasteiger partial charge in [0.2, 0.25) is 0 Å². The predicted molar refractivity (Wildman–Crippen MR) is 89.0 cm³/mol. The lowest BCUT2D eigenvalue weighted by atomic mass is 9.64. The van der Waals surface area contributed by atoms with Gasteiger partial charge >= 0.3 is 0 Å². The fraction of sp³-hybridized carbons (Fsp3) is 1.00. The molecule has 0 aliphatic carbocycles. The summed E-state index contributed by atoms with van der Waals surface area (Å²) in [6.45, 7) is 12.6. The third-order valence-corrected chi connectivity index (χ3v) is 6.42. The lowest BCUT2D eigenvalue weighted by Gasteiger charge is -2.47. The van der Waals surface area contributed by atoms with Gasteiger partial charge in [-0.1, -0.05) is 20.8 Å². The molecule has 1 aliphatic rings. The summed E-state index contributed by atoms with van der Waals surface area (Å²) in [5.74, 6) is 0. The molecule has 0 radical (unpaired) electrons. The van der Waals surface area contributed by atoms with Crippen LogP contribution in [0.4, 0.5) is 0 Å². The lowest BCUT2D eigenvalue weighted by Crippen LogP contribution is -2.53. The van der Waals surface area contributed by atoms with E-state index >= 15 is 0 Å². The zero-order valence-electron chi connectivity index (χ0n) is 14.4. The minimum Gasteiger partial charge on any atom is -0.330 e. The molecule has 0 saturated carbocycles. The molecule has 0 bridgehead atoms. The molecule has 0 amide bonds. The topological polar surface area (TPSA) is 50.1 Å². The maximum Gasteiger partial charge on any atom is 0.0201 e. The van der Waals surface area contributed by atoms with E-state index in [4.69, 9.17) is 5.73 Å². The Morgan fingerprint density at radius 1 is 1.15 bits per heavy atom. The van der Waals surface area contributed by atoms with Crippen molar-refractivity contribution in [1.29, 1.82) is 0 Å². The van der Waals surface area contributed by atoms with Crippen LogP contribution in [0.15, 0.2) is 0 Å². The second-order valence-electron chi connectivity index (χ2n) is 7.61. The quantitative estimate of drug-likeness (QED) is 0.642. The molecule has 0 aromatic carbocycles. The van der Waals surface area contributed by atoms with Crippen LogP contribution in [0, 0.1) is 10.8 Å². The highest BCUT2D eigenvalue weighted by Gasteiger charge is 2.41. The number of hydrogen-bond acceptors (Lipinski definition) is 3. The smallest absolute Gasteiger partial charge is 0.0201 e. The maximum atomic E-state index is 5.89. The van der Waals surface area contributed by atoms with E-state index in [-0.39, 0.29) is 5.54 Å². The van der Waals surface area contributed by atoms with Crippen LogP contribution in [0.25, 0.3) is 0 Å². The predicted octanol–water partition coefficient (Wildman–Crippen LogP) is 2.90. The minimum absolute atomic E-state index is 0.203. The zero-order chi connectivity index (χ0) is 15.3. The Bertz CT molecular complexity index is 276. The molecule has 0 aromatic rings. The normalized spacial score (nSPS) is 22.5. The van der Waals surface area contributed by atoms with Crippen molar-refractivity contribution in [3.05, 3.63) is 0 Å². The van der Waals surface area contributed by atoms with E-state index in [0.29, 0.717) is 10.8 Å². The lowest BCUT2D eigenvalue weighted by molar-refractivity contribution is 0.0866. The van der Waals surface area contributed by atoms with E-state index in [2.05, 4.69) is 45.4 Å². The molecule has 0 spiro atoms. The average Bonchev–Trinajstić information content (AvgIpc) is 2.46. The average molecular weight is 284 g/mol. The van der Waals surface area contributed by atoms with E-state index in [1.165, 1.54) is 38.5 Å². The van der Waals surface area contributed by atoms with Gasteiger partial charge < -0.3 is 16.4 Å². The second kappa shape index (κ2) is 7.24. The van der Waals surface area contributed by atoms with Crippen LogP contribution in [-0.2, 0) is 0 Å². The highest BCUT2D eigenvalue weighted by atomic mass is 15.0. The highest BCUT2D eigenvalue weighted by molar-refractivity contribution is 4.97. The van der Waals surface area contributed by atoms with Gasteiger partial charge in [0.25, 0.3) is 0 Å². The SMILES string of the molecule is CCC(C)(C)C(C)(CCC1(CCN)CCNCC1)NC. The Balaban J connectivity index is 2.74. The van der Waals surface area contributed by atoms with Gasteiger partial charge in [-0.25, -0.2) is 0 Å². The molecule has 0 aromatic heterocycles. The molecule has 4 N–H and O–H groups in total. The van der Waals surface area contributed by atoms with Crippen LogP contribution < -0.4 is 16.4 Å². The van der Waals surface area contributed by atoms with Crippen molar-refractivity contribution in [1.82, 2.24) is 10.6 Å². The molecule has 1 rings (SSSR count). The van der Waals surface area contributed by atoms with E-state index < -0.39 is 0 Å². The van der Waals surface area contributed by atoms with Crippen LogP contribution in [0.2, 0.25) is 0 Å². The summed E-state index contributed by atoms with van der Waals surface area (Å²) in [5.41, 5.74) is 6.89. The fourth-order valence-corrected chi connectivity index (χ4v) is 3.60. The molecule has 20 heavy (non-hydrogen) atoms. The molecule has 1 heterocycles. The van der Waals surface area contributed by atoms with E-state index in [0.717, 1.165) is 19.6 Å². The van der Waals surface area contributed by atoms with Gasteiger partial charge in [-0.3, -0.25) is 0 Å². The van der Waals surface area contributed by atoms with Crippen molar-refractivity contribution in [2.75, 3.05) is 26.7 Å². The van der Waals surface area contributed by atoms with Gasteiger partial charge in [-0.2, -0.15) is 0 Å². The van der Waals surface area contributed by atoms with Crippen molar-refractivity contribution >= 4 is 0 Å². The molecule has 1 fully saturated rings. The first-order chi connectivity index (χ1) is 9.35. The molecule has 120 valence electrons. The Labute approximate surface area is 126 Å². The van der Waals surface area contributed by atoms with Gasteiger partial charge in [-0.05, 0) is 83.0 Å². The van der Waals surface area contributed by atoms with E-state index in [9.17, 15) is 0 Å². The fourth-order valence-electron chi connectivity index (χ4n) is 3.60. The third-order valence-electron chi connectivity index (χ3n) is 6.42. The summed E-state index contributed by atoms with van der Waals surface area (Å²) in [6, 6.07) is 0. The van der Waals surface area contributed by atoms with Gasteiger partial charge in [0, 0.05) is 5.54 Å². The Hall–Kier alpha value is -0.120. The van der Waals surface area contributed by atoms with Crippen molar-refractivity contribution in [2.24, 2.45) is 16.6 Å².